The molecule has 2 aliphatic heterocycles. The first-order valence-corrected chi connectivity index (χ1v) is 3.93. The Hall–Kier alpha value is -0.960. The van der Waals surface area contributed by atoms with E-state index in [1.165, 1.54) is 5.57 Å². The maximum atomic E-state index is 4.12. The van der Waals surface area contributed by atoms with Crippen molar-refractivity contribution in [1.82, 2.24) is 5.32 Å². The average molecular weight is 149 g/mol. The molecule has 0 bridgehead atoms. The summed E-state index contributed by atoms with van der Waals surface area (Å²) in [7, 11) is 0. The molecule has 0 aromatic rings. The molecule has 58 valence electrons. The van der Waals surface area contributed by atoms with Crippen molar-refractivity contribution in [1.29, 1.82) is 0 Å². The molecule has 0 saturated heterocycles. The molecule has 0 fully saturated rings. The molecule has 2 aliphatic rings. The number of allylic oxidation sites excluding steroid dienone is 1. The van der Waals surface area contributed by atoms with Crippen molar-refractivity contribution in [3.63, 3.8) is 0 Å². The summed E-state index contributed by atoms with van der Waals surface area (Å²) in [6.07, 6.45) is 5.30. The van der Waals surface area contributed by atoms with Crippen LogP contribution in [0.5, 0.6) is 0 Å². The predicted molar refractivity (Wildman–Crippen MR) is 43.4 cm³/mol. The van der Waals surface area contributed by atoms with Gasteiger partial charge in [0, 0.05) is 6.54 Å². The second kappa shape index (κ2) is 2.96. The van der Waals surface area contributed by atoms with Crippen LogP contribution >= 0.6 is 0 Å². The SMILES string of the molecule is C1=CC2=C(CNCC2)N=NC1. The van der Waals surface area contributed by atoms with Gasteiger partial charge in [-0.25, -0.2) is 0 Å². The van der Waals surface area contributed by atoms with E-state index in [2.05, 4.69) is 27.7 Å². The normalized spacial score (nSPS) is 23.3. The van der Waals surface area contributed by atoms with Gasteiger partial charge in [0.25, 0.3) is 0 Å². The van der Waals surface area contributed by atoms with E-state index in [0.717, 1.165) is 31.8 Å². The third kappa shape index (κ3) is 1.38. The number of azo groups is 1. The Morgan fingerprint density at radius 2 is 2.45 bits per heavy atom. The van der Waals surface area contributed by atoms with E-state index in [9.17, 15) is 0 Å². The van der Waals surface area contributed by atoms with Gasteiger partial charge in [0.05, 0.1) is 12.2 Å². The maximum absolute atomic E-state index is 4.12. The summed E-state index contributed by atoms with van der Waals surface area (Å²) in [5.74, 6) is 0. The quantitative estimate of drug-likeness (QED) is 0.553. The van der Waals surface area contributed by atoms with E-state index < -0.39 is 0 Å². The van der Waals surface area contributed by atoms with Gasteiger partial charge in [-0.05, 0) is 18.5 Å². The van der Waals surface area contributed by atoms with Crippen LogP contribution in [-0.2, 0) is 0 Å². The number of hydrogen-bond acceptors (Lipinski definition) is 3. The summed E-state index contributed by atoms with van der Waals surface area (Å²) in [5.41, 5.74) is 2.47. The standard InChI is InChI=1S/C8H11N3/c1-2-7-3-5-9-6-8(7)11-10-4-1/h1-2,9H,3-6H2. The summed E-state index contributed by atoms with van der Waals surface area (Å²) < 4.78 is 0. The molecule has 3 heteroatoms. The molecule has 0 unspecified atom stereocenters. The van der Waals surface area contributed by atoms with Crippen molar-refractivity contribution in [2.45, 2.75) is 6.42 Å². The van der Waals surface area contributed by atoms with Crippen LogP contribution in [0, 0.1) is 0 Å². The molecule has 2 heterocycles. The molecule has 0 saturated carbocycles. The zero-order valence-electron chi connectivity index (χ0n) is 6.38. The minimum atomic E-state index is 0.729. The molecule has 0 spiro atoms. The van der Waals surface area contributed by atoms with Crippen LogP contribution in [0.4, 0.5) is 0 Å². The number of hydrogen-bond donors (Lipinski definition) is 1. The fourth-order valence-corrected chi connectivity index (χ4v) is 1.34. The molecule has 0 aliphatic carbocycles. The first kappa shape index (κ1) is 6.73. The van der Waals surface area contributed by atoms with Gasteiger partial charge in [-0.3, -0.25) is 0 Å². The van der Waals surface area contributed by atoms with Gasteiger partial charge in [0.2, 0.25) is 0 Å². The van der Waals surface area contributed by atoms with Crippen molar-refractivity contribution in [2.24, 2.45) is 10.2 Å². The monoisotopic (exact) mass is 149 g/mol. The highest BCUT2D eigenvalue weighted by Gasteiger charge is 2.09. The van der Waals surface area contributed by atoms with E-state index in [-0.39, 0.29) is 0 Å². The molecule has 1 N–H and O–H groups in total. The molecule has 0 radical (unpaired) electrons. The first-order chi connectivity index (χ1) is 5.47. The number of nitrogens with zero attached hydrogens (tertiary/aromatic N) is 2. The summed E-state index contributed by atoms with van der Waals surface area (Å²) in [6.45, 7) is 2.68. The van der Waals surface area contributed by atoms with Crippen molar-refractivity contribution < 1.29 is 0 Å². The number of nitrogens with one attached hydrogen (secondary N) is 1. The van der Waals surface area contributed by atoms with E-state index in [1.54, 1.807) is 0 Å². The first-order valence-electron chi connectivity index (χ1n) is 3.93. The molecule has 11 heavy (non-hydrogen) atoms. The van der Waals surface area contributed by atoms with Gasteiger partial charge in [0.1, 0.15) is 0 Å². The topological polar surface area (TPSA) is 36.8 Å². The molecule has 0 amide bonds. The Labute approximate surface area is 65.9 Å². The predicted octanol–water partition coefficient (Wildman–Crippen LogP) is 1.26. The van der Waals surface area contributed by atoms with Crippen LogP contribution in [0.15, 0.2) is 33.7 Å². The Morgan fingerprint density at radius 3 is 3.45 bits per heavy atom. The lowest BCUT2D eigenvalue weighted by Crippen LogP contribution is -2.23. The second-order valence-electron chi connectivity index (χ2n) is 2.73. The Kier molecular flexibility index (Phi) is 1.81. The lowest BCUT2D eigenvalue weighted by molar-refractivity contribution is 0.675. The van der Waals surface area contributed by atoms with Crippen LogP contribution in [0.3, 0.4) is 0 Å². The number of rotatable bonds is 0. The summed E-state index contributed by atoms with van der Waals surface area (Å²) in [6, 6.07) is 0. The summed E-state index contributed by atoms with van der Waals surface area (Å²) >= 11 is 0. The zero-order valence-corrected chi connectivity index (χ0v) is 6.38. The summed E-state index contributed by atoms with van der Waals surface area (Å²) in [5, 5.41) is 11.4. The van der Waals surface area contributed by atoms with E-state index in [0.29, 0.717) is 0 Å². The smallest absolute Gasteiger partial charge is 0.0796 e. The summed E-state index contributed by atoms with van der Waals surface area (Å²) in [4.78, 5) is 0. The van der Waals surface area contributed by atoms with Crippen molar-refractivity contribution in [3.05, 3.63) is 23.4 Å². The van der Waals surface area contributed by atoms with Crippen molar-refractivity contribution in [2.75, 3.05) is 19.6 Å². The van der Waals surface area contributed by atoms with E-state index >= 15 is 0 Å². The maximum Gasteiger partial charge on any atom is 0.0796 e. The minimum absolute atomic E-state index is 0.729. The lowest BCUT2D eigenvalue weighted by atomic mass is 10.1. The fourth-order valence-electron chi connectivity index (χ4n) is 1.34. The zero-order chi connectivity index (χ0) is 7.52. The third-order valence-corrected chi connectivity index (χ3v) is 1.93. The van der Waals surface area contributed by atoms with Crippen LogP contribution in [-0.4, -0.2) is 19.6 Å². The van der Waals surface area contributed by atoms with Crippen molar-refractivity contribution in [3.8, 4) is 0 Å². The van der Waals surface area contributed by atoms with Gasteiger partial charge in [0.15, 0.2) is 0 Å². The van der Waals surface area contributed by atoms with E-state index in [4.69, 9.17) is 0 Å². The Morgan fingerprint density at radius 1 is 1.45 bits per heavy atom. The molecule has 0 atom stereocenters. The molecule has 3 nitrogen and oxygen atoms in total. The molecular weight excluding hydrogens is 138 g/mol. The lowest BCUT2D eigenvalue weighted by Gasteiger charge is -2.13. The van der Waals surface area contributed by atoms with Crippen LogP contribution in [0.25, 0.3) is 0 Å². The Balaban J connectivity index is 2.31. The third-order valence-electron chi connectivity index (χ3n) is 1.93. The van der Waals surface area contributed by atoms with Gasteiger partial charge >= 0.3 is 0 Å². The Bertz CT molecular complexity index is 214. The molecule has 0 aromatic heterocycles. The molecule has 0 aromatic carbocycles. The van der Waals surface area contributed by atoms with Crippen LogP contribution in [0.1, 0.15) is 6.42 Å². The average Bonchev–Trinajstić information content (AvgIpc) is 2.28. The molecular formula is C8H11N3. The van der Waals surface area contributed by atoms with E-state index in [1.807, 2.05) is 0 Å². The highest BCUT2D eigenvalue weighted by Crippen LogP contribution is 2.17. The highest BCUT2D eigenvalue weighted by atomic mass is 15.1. The largest absolute Gasteiger partial charge is 0.311 e. The molecule has 2 rings (SSSR count). The fraction of sp³-hybridized carbons (Fsp3) is 0.500. The van der Waals surface area contributed by atoms with Crippen molar-refractivity contribution >= 4 is 0 Å². The van der Waals surface area contributed by atoms with Gasteiger partial charge in [-0.15, -0.1) is 0 Å². The highest BCUT2D eigenvalue weighted by molar-refractivity contribution is 5.29. The minimum Gasteiger partial charge on any atom is -0.311 e. The van der Waals surface area contributed by atoms with Gasteiger partial charge < -0.3 is 5.32 Å². The second-order valence-corrected chi connectivity index (χ2v) is 2.73. The van der Waals surface area contributed by atoms with Gasteiger partial charge in [-0.2, -0.15) is 10.2 Å². The van der Waals surface area contributed by atoms with Crippen LogP contribution < -0.4 is 5.32 Å². The van der Waals surface area contributed by atoms with Crippen LogP contribution in [0.2, 0.25) is 0 Å². The van der Waals surface area contributed by atoms with Gasteiger partial charge in [-0.1, -0.05) is 12.2 Å².